The average Bonchev–Trinajstić information content (AvgIpc) is 0. The zero-order chi connectivity index (χ0) is 0. The summed E-state index contributed by atoms with van der Waals surface area (Å²) in [6.07, 6.45) is 0. The normalized spacial score (nSPS) is 0. The van der Waals surface area contributed by atoms with Crippen LogP contribution in [0.2, 0.25) is 0 Å². The molecule has 0 spiro atoms. The van der Waals surface area contributed by atoms with Crippen LogP contribution >= 0.6 is 0 Å². The van der Waals surface area contributed by atoms with Gasteiger partial charge in [0.1, 0.15) is 0 Å². The van der Waals surface area contributed by atoms with Crippen LogP contribution in [0.4, 0.5) is 0 Å². The van der Waals surface area contributed by atoms with Crippen molar-refractivity contribution >= 4 is 0 Å². The monoisotopic (exact) mass is 521 g/mol. The van der Waals surface area contributed by atoms with E-state index in [1.807, 2.05) is 0 Å². The third kappa shape index (κ3) is 68.8. The molecule has 0 aliphatic heterocycles. The topological polar surface area (TPSA) is 0 Å². The van der Waals surface area contributed by atoms with Crippen molar-refractivity contribution in [2.75, 3.05) is 0 Å². The van der Waals surface area contributed by atoms with Gasteiger partial charge in [-0.05, 0) is 0 Å². The van der Waals surface area contributed by atoms with Crippen LogP contribution < -0.4 is 0 Å². The Morgan fingerprint density at radius 3 is 0.111 bits per heavy atom. The van der Waals surface area contributed by atoms with Gasteiger partial charge in [0, 0.05) is 148 Å². The molecule has 0 aromatic carbocycles. The van der Waals surface area contributed by atoms with Gasteiger partial charge < -0.3 is 0 Å². The van der Waals surface area contributed by atoms with Crippen LogP contribution in [-0.4, -0.2) is 0 Å². The fourth-order valence-corrected chi connectivity index (χ4v) is 0. The minimum atomic E-state index is 0. The van der Waals surface area contributed by atoms with E-state index in [0.29, 0.717) is 0 Å². The van der Waals surface area contributed by atoms with Gasteiger partial charge in [0.15, 0.2) is 0 Å². The Hall–Kier alpha value is 4.44. The Morgan fingerprint density at radius 2 is 0.111 bits per heavy atom. The third-order valence-corrected chi connectivity index (χ3v) is 0. The molecule has 0 aromatic rings. The average molecular weight is 528 g/mol. The van der Waals surface area contributed by atoms with Gasteiger partial charge in [0.05, 0.1) is 0 Å². The molecule has 0 nitrogen and oxygen atoms in total. The maximum Gasteiger partial charge on any atom is 0 e. The molecule has 0 aliphatic rings. The van der Waals surface area contributed by atoms with Crippen molar-refractivity contribution in [3.63, 3.8) is 0 Å². The molecule has 0 radical (unpaired) electrons. The molecule has 0 aliphatic carbocycles. The number of rotatable bonds is 0. The predicted octanol–water partition coefficient (Wildman–Crippen LogP) is -0.0225. The van der Waals surface area contributed by atoms with Gasteiger partial charge in [-0.2, -0.15) is 0 Å². The zero-order valence-electron chi connectivity index (χ0n) is 2.85. The van der Waals surface area contributed by atoms with E-state index >= 15 is 0 Å². The molecule has 90 valence electrons. The molecule has 0 fully saturated rings. The second kappa shape index (κ2) is 82.6. The summed E-state index contributed by atoms with van der Waals surface area (Å²) in [5.41, 5.74) is 0. The Labute approximate surface area is 146 Å². The Balaban J connectivity index is 0. The summed E-state index contributed by atoms with van der Waals surface area (Å²) in [6, 6.07) is 0. The standard InChI is InChI=1S/9Ni. The van der Waals surface area contributed by atoms with Crippen LogP contribution in [0.25, 0.3) is 0 Å². The van der Waals surface area contributed by atoms with Gasteiger partial charge >= 0.3 is 0 Å². The molecule has 0 bridgehead atoms. The third-order valence-electron chi connectivity index (χ3n) is 0. The van der Waals surface area contributed by atoms with Gasteiger partial charge in [-0.25, -0.2) is 0 Å². The molecule has 0 N–H and O–H groups in total. The smallest absolute Gasteiger partial charge is 0 e. The fraction of sp³-hybridized carbons (Fsp3) is 0. The van der Waals surface area contributed by atoms with Crippen LogP contribution in [0, 0.1) is 0 Å². The summed E-state index contributed by atoms with van der Waals surface area (Å²) >= 11 is 0. The van der Waals surface area contributed by atoms with E-state index in [1.54, 1.807) is 0 Å². The summed E-state index contributed by atoms with van der Waals surface area (Å²) in [4.78, 5) is 0. The van der Waals surface area contributed by atoms with Crippen LogP contribution in [-0.2, 0) is 148 Å². The number of hydrogen-bond donors (Lipinski definition) is 0. The summed E-state index contributed by atoms with van der Waals surface area (Å²) in [5, 5.41) is 0. The first kappa shape index (κ1) is 105. The van der Waals surface area contributed by atoms with E-state index in [-0.39, 0.29) is 148 Å². The van der Waals surface area contributed by atoms with E-state index in [9.17, 15) is 0 Å². The SMILES string of the molecule is [Ni].[Ni].[Ni].[Ni].[Ni].[Ni].[Ni].[Ni].[Ni]. The van der Waals surface area contributed by atoms with E-state index in [4.69, 9.17) is 0 Å². The summed E-state index contributed by atoms with van der Waals surface area (Å²) in [6.45, 7) is 0. The second-order valence-corrected chi connectivity index (χ2v) is 0. The maximum atomic E-state index is 0. The molecule has 0 saturated heterocycles. The van der Waals surface area contributed by atoms with Crippen molar-refractivity contribution in [1.82, 2.24) is 0 Å². The molecule has 0 atom stereocenters. The van der Waals surface area contributed by atoms with Gasteiger partial charge in [0.25, 0.3) is 0 Å². The molecule has 0 unspecified atom stereocenters. The van der Waals surface area contributed by atoms with E-state index in [2.05, 4.69) is 0 Å². The van der Waals surface area contributed by atoms with Crippen LogP contribution in [0.3, 0.4) is 0 Å². The molecule has 9 heavy (non-hydrogen) atoms. The van der Waals surface area contributed by atoms with E-state index in [1.165, 1.54) is 0 Å². The fourth-order valence-electron chi connectivity index (χ4n) is 0. The Morgan fingerprint density at radius 1 is 0.111 bits per heavy atom. The van der Waals surface area contributed by atoms with Crippen molar-refractivity contribution in [3.05, 3.63) is 0 Å². The Bertz CT molecular complexity index is 0. The molecule has 0 saturated carbocycles. The quantitative estimate of drug-likeness (QED) is 0.388. The van der Waals surface area contributed by atoms with Crippen molar-refractivity contribution in [2.24, 2.45) is 0 Å². The van der Waals surface area contributed by atoms with Gasteiger partial charge in [0.2, 0.25) is 0 Å². The molecule has 0 rings (SSSR count). The largest absolute Gasteiger partial charge is 0 e. The molecule has 0 amide bonds. The molecule has 0 aromatic heterocycles. The van der Waals surface area contributed by atoms with Gasteiger partial charge in [-0.15, -0.1) is 0 Å². The van der Waals surface area contributed by atoms with Gasteiger partial charge in [-0.1, -0.05) is 0 Å². The summed E-state index contributed by atoms with van der Waals surface area (Å²) in [5.74, 6) is 0. The predicted molar refractivity (Wildman–Crippen MR) is 0 cm³/mol. The molecular weight excluding hydrogens is 528 g/mol. The van der Waals surface area contributed by atoms with E-state index in [0.717, 1.165) is 0 Å². The summed E-state index contributed by atoms with van der Waals surface area (Å²) < 4.78 is 0. The van der Waals surface area contributed by atoms with Crippen LogP contribution in [0.15, 0.2) is 0 Å². The minimum Gasteiger partial charge on any atom is 0 e. The summed E-state index contributed by atoms with van der Waals surface area (Å²) in [7, 11) is 0. The van der Waals surface area contributed by atoms with Crippen molar-refractivity contribution in [2.45, 2.75) is 0 Å². The first-order valence-electron chi connectivity index (χ1n) is 0. The second-order valence-electron chi connectivity index (χ2n) is 0. The zero-order valence-corrected chi connectivity index (χ0v) is 11.7. The molecule has 0 heterocycles. The molecule has 9 heteroatoms. The molecular formula is Ni9. The van der Waals surface area contributed by atoms with Crippen LogP contribution in [0.1, 0.15) is 0 Å². The number of hydrogen-bond acceptors (Lipinski definition) is 0. The van der Waals surface area contributed by atoms with Crippen molar-refractivity contribution in [1.29, 1.82) is 0 Å². The van der Waals surface area contributed by atoms with Crippen LogP contribution in [0.5, 0.6) is 0 Å². The maximum absolute atomic E-state index is 0. The van der Waals surface area contributed by atoms with Gasteiger partial charge in [-0.3, -0.25) is 0 Å². The first-order valence-corrected chi connectivity index (χ1v) is 0. The van der Waals surface area contributed by atoms with E-state index < -0.39 is 0 Å². The van der Waals surface area contributed by atoms with Crippen molar-refractivity contribution < 1.29 is 148 Å². The minimum absolute atomic E-state index is 0. The first-order chi connectivity index (χ1) is 0. The van der Waals surface area contributed by atoms with Crippen molar-refractivity contribution in [3.8, 4) is 0 Å². The Kier molecular flexibility index (Phi) is 968.